The second-order valence-corrected chi connectivity index (χ2v) is 4.87. The van der Waals surface area contributed by atoms with Gasteiger partial charge in [0.1, 0.15) is 11.5 Å². The Bertz CT molecular complexity index is 619. The molecule has 3 nitrogen and oxygen atoms in total. The predicted molar refractivity (Wildman–Crippen MR) is 76.8 cm³/mol. The van der Waals surface area contributed by atoms with Crippen molar-refractivity contribution in [1.29, 1.82) is 0 Å². The summed E-state index contributed by atoms with van der Waals surface area (Å²) in [6.45, 7) is 5.89. The summed E-state index contributed by atoms with van der Waals surface area (Å²) < 4.78 is 24.5. The van der Waals surface area contributed by atoms with Crippen molar-refractivity contribution in [3.8, 4) is 5.75 Å². The van der Waals surface area contributed by atoms with Gasteiger partial charge in [0.2, 0.25) is 0 Å². The van der Waals surface area contributed by atoms with E-state index in [1.54, 1.807) is 6.07 Å². The topological polar surface area (TPSA) is 34.4 Å². The Labute approximate surface area is 118 Å². The van der Waals surface area contributed by atoms with E-state index in [0.29, 0.717) is 0 Å². The van der Waals surface area contributed by atoms with Crippen LogP contribution in [0.2, 0.25) is 0 Å². The fraction of sp³-hybridized carbons (Fsp3) is 0.375. The number of furan rings is 1. The molecule has 4 heteroatoms. The van der Waals surface area contributed by atoms with Crippen molar-refractivity contribution in [2.24, 2.45) is 0 Å². The highest BCUT2D eigenvalue weighted by Crippen LogP contribution is 2.32. The molecule has 0 aliphatic rings. The van der Waals surface area contributed by atoms with Gasteiger partial charge in [-0.3, -0.25) is 0 Å². The summed E-state index contributed by atoms with van der Waals surface area (Å²) in [7, 11) is 3.31. The number of benzene rings is 1. The summed E-state index contributed by atoms with van der Waals surface area (Å²) >= 11 is 0. The first-order chi connectivity index (χ1) is 9.49. The molecule has 1 atom stereocenters. The molecule has 1 aromatic heterocycles. The third kappa shape index (κ3) is 2.43. The van der Waals surface area contributed by atoms with Crippen molar-refractivity contribution < 1.29 is 13.5 Å². The van der Waals surface area contributed by atoms with Gasteiger partial charge in [0.05, 0.1) is 13.2 Å². The number of ether oxygens (including phenoxy) is 1. The molecule has 108 valence electrons. The normalized spacial score (nSPS) is 12.5. The van der Waals surface area contributed by atoms with Crippen LogP contribution < -0.4 is 10.1 Å². The zero-order chi connectivity index (χ0) is 14.9. The zero-order valence-electron chi connectivity index (χ0n) is 12.5. The van der Waals surface area contributed by atoms with Gasteiger partial charge in [-0.15, -0.1) is 0 Å². The average Bonchev–Trinajstić information content (AvgIpc) is 2.66. The van der Waals surface area contributed by atoms with E-state index in [2.05, 4.69) is 5.32 Å². The highest BCUT2D eigenvalue weighted by atomic mass is 19.1. The highest BCUT2D eigenvalue weighted by molar-refractivity contribution is 5.42. The molecule has 2 rings (SSSR count). The number of halogens is 1. The molecule has 1 aromatic carbocycles. The minimum atomic E-state index is -0.360. The van der Waals surface area contributed by atoms with E-state index in [1.165, 1.54) is 13.2 Å². The number of aryl methyl sites for hydroxylation is 2. The SMILES string of the molecule is CNC(c1ccc(OC)c(F)c1)c1c(C)oc(C)c1C. The lowest BCUT2D eigenvalue weighted by Crippen LogP contribution is -2.19. The van der Waals surface area contributed by atoms with Crippen LogP contribution in [-0.4, -0.2) is 14.2 Å². The van der Waals surface area contributed by atoms with Crippen molar-refractivity contribution in [2.45, 2.75) is 26.8 Å². The second kappa shape index (κ2) is 5.67. The van der Waals surface area contributed by atoms with Gasteiger partial charge in [0, 0.05) is 5.56 Å². The number of hydrogen-bond acceptors (Lipinski definition) is 3. The van der Waals surface area contributed by atoms with Crippen LogP contribution in [0.4, 0.5) is 4.39 Å². The summed E-state index contributed by atoms with van der Waals surface area (Å²) in [4.78, 5) is 0. The Morgan fingerprint density at radius 1 is 1.20 bits per heavy atom. The Hall–Kier alpha value is -1.81. The molecule has 1 N–H and O–H groups in total. The first kappa shape index (κ1) is 14.6. The van der Waals surface area contributed by atoms with Crippen LogP contribution in [0.3, 0.4) is 0 Å². The van der Waals surface area contributed by atoms with Crippen LogP contribution in [0.5, 0.6) is 5.75 Å². The summed E-state index contributed by atoms with van der Waals surface area (Å²) in [5.74, 6) is 1.64. The van der Waals surface area contributed by atoms with Gasteiger partial charge >= 0.3 is 0 Å². The Balaban J connectivity index is 2.50. The van der Waals surface area contributed by atoms with E-state index in [-0.39, 0.29) is 17.6 Å². The quantitative estimate of drug-likeness (QED) is 0.926. The fourth-order valence-corrected chi connectivity index (χ4v) is 2.57. The van der Waals surface area contributed by atoms with Gasteiger partial charge in [-0.2, -0.15) is 0 Å². The van der Waals surface area contributed by atoms with E-state index >= 15 is 0 Å². The molecule has 0 saturated heterocycles. The van der Waals surface area contributed by atoms with Gasteiger partial charge in [-0.25, -0.2) is 4.39 Å². The molecule has 1 unspecified atom stereocenters. The summed E-state index contributed by atoms with van der Waals surface area (Å²) in [5, 5.41) is 3.23. The van der Waals surface area contributed by atoms with Crippen LogP contribution in [0.25, 0.3) is 0 Å². The maximum absolute atomic E-state index is 13.9. The minimum absolute atomic E-state index is 0.104. The van der Waals surface area contributed by atoms with E-state index in [0.717, 1.165) is 28.2 Å². The molecular formula is C16H20FNO2. The van der Waals surface area contributed by atoms with Gasteiger partial charge < -0.3 is 14.5 Å². The van der Waals surface area contributed by atoms with Crippen molar-refractivity contribution in [1.82, 2.24) is 5.32 Å². The van der Waals surface area contributed by atoms with Gasteiger partial charge in [-0.05, 0) is 51.1 Å². The summed E-state index contributed by atoms with van der Waals surface area (Å²) in [5.41, 5.74) is 3.01. The molecule has 0 amide bonds. The van der Waals surface area contributed by atoms with Crippen LogP contribution >= 0.6 is 0 Å². The highest BCUT2D eigenvalue weighted by Gasteiger charge is 2.22. The molecule has 0 radical (unpaired) electrons. The number of nitrogens with one attached hydrogen (secondary N) is 1. The molecule has 1 heterocycles. The van der Waals surface area contributed by atoms with Crippen LogP contribution in [0, 0.1) is 26.6 Å². The van der Waals surface area contributed by atoms with Gasteiger partial charge in [0.15, 0.2) is 11.6 Å². The largest absolute Gasteiger partial charge is 0.494 e. The van der Waals surface area contributed by atoms with E-state index in [1.807, 2.05) is 33.9 Å². The van der Waals surface area contributed by atoms with E-state index in [4.69, 9.17) is 9.15 Å². The second-order valence-electron chi connectivity index (χ2n) is 4.87. The standard InChI is InChI=1S/C16H20FNO2/c1-9-10(2)20-11(3)15(9)16(18-4)12-6-7-14(19-5)13(17)8-12/h6-8,16,18H,1-5H3. The van der Waals surface area contributed by atoms with Crippen LogP contribution in [-0.2, 0) is 0 Å². The van der Waals surface area contributed by atoms with E-state index in [9.17, 15) is 4.39 Å². The summed E-state index contributed by atoms with van der Waals surface area (Å²) in [6.07, 6.45) is 0. The lowest BCUT2D eigenvalue weighted by atomic mass is 9.95. The number of hydrogen-bond donors (Lipinski definition) is 1. The van der Waals surface area contributed by atoms with Crippen molar-refractivity contribution >= 4 is 0 Å². The lowest BCUT2D eigenvalue weighted by Gasteiger charge is -2.18. The zero-order valence-corrected chi connectivity index (χ0v) is 12.5. The van der Waals surface area contributed by atoms with Crippen LogP contribution in [0.15, 0.2) is 22.6 Å². The van der Waals surface area contributed by atoms with Gasteiger partial charge in [-0.1, -0.05) is 6.07 Å². The molecule has 0 spiro atoms. The molecule has 0 aliphatic heterocycles. The Morgan fingerprint density at radius 3 is 2.35 bits per heavy atom. The number of rotatable bonds is 4. The maximum Gasteiger partial charge on any atom is 0.165 e. The van der Waals surface area contributed by atoms with Gasteiger partial charge in [0.25, 0.3) is 0 Å². The van der Waals surface area contributed by atoms with Crippen molar-refractivity contribution in [2.75, 3.05) is 14.2 Å². The lowest BCUT2D eigenvalue weighted by molar-refractivity contribution is 0.386. The maximum atomic E-state index is 13.9. The number of methoxy groups -OCH3 is 1. The Morgan fingerprint density at radius 2 is 1.90 bits per heavy atom. The first-order valence-corrected chi connectivity index (χ1v) is 6.56. The summed E-state index contributed by atoms with van der Waals surface area (Å²) in [6, 6.07) is 4.91. The predicted octanol–water partition coefficient (Wildman–Crippen LogP) is 3.66. The average molecular weight is 277 g/mol. The van der Waals surface area contributed by atoms with Crippen molar-refractivity contribution in [3.63, 3.8) is 0 Å². The van der Waals surface area contributed by atoms with Crippen LogP contribution in [0.1, 0.15) is 34.3 Å². The molecular weight excluding hydrogens is 257 g/mol. The minimum Gasteiger partial charge on any atom is -0.494 e. The first-order valence-electron chi connectivity index (χ1n) is 6.56. The molecule has 0 bridgehead atoms. The molecule has 20 heavy (non-hydrogen) atoms. The monoisotopic (exact) mass is 277 g/mol. The molecule has 0 saturated carbocycles. The van der Waals surface area contributed by atoms with Crippen molar-refractivity contribution in [3.05, 3.63) is 52.2 Å². The fourth-order valence-electron chi connectivity index (χ4n) is 2.57. The Kier molecular flexibility index (Phi) is 4.14. The van der Waals surface area contributed by atoms with E-state index < -0.39 is 0 Å². The molecule has 2 aromatic rings. The third-order valence-electron chi connectivity index (χ3n) is 3.70. The third-order valence-corrected chi connectivity index (χ3v) is 3.70. The molecule has 0 fully saturated rings. The molecule has 0 aliphatic carbocycles. The smallest absolute Gasteiger partial charge is 0.165 e.